The highest BCUT2D eigenvalue weighted by molar-refractivity contribution is 5.31. The van der Waals surface area contributed by atoms with Crippen molar-refractivity contribution in [2.75, 3.05) is 19.6 Å². The van der Waals surface area contributed by atoms with Gasteiger partial charge in [-0.05, 0) is 49.7 Å². The largest absolute Gasteiger partial charge is 0.330 e. The van der Waals surface area contributed by atoms with Crippen molar-refractivity contribution < 1.29 is 10.3 Å². The molecule has 8 nitrogen and oxygen atoms in total. The molecule has 0 amide bonds. The van der Waals surface area contributed by atoms with Crippen LogP contribution in [0.1, 0.15) is 16.8 Å². The normalized spacial score (nSPS) is 9.63. The van der Waals surface area contributed by atoms with Gasteiger partial charge in [0.1, 0.15) is 0 Å². The predicted molar refractivity (Wildman–Crippen MR) is 71.3 cm³/mol. The van der Waals surface area contributed by atoms with Crippen LogP contribution in [0, 0.1) is 10.1 Å². The zero-order valence-corrected chi connectivity index (χ0v) is 10.8. The average Bonchev–Trinajstić information content (AvgIpc) is 2.33. The molecule has 0 bridgehead atoms. The van der Waals surface area contributed by atoms with E-state index in [9.17, 15) is 0 Å². The van der Waals surface area contributed by atoms with E-state index in [1.54, 1.807) is 0 Å². The third-order valence-electron chi connectivity index (χ3n) is 2.43. The van der Waals surface area contributed by atoms with Crippen LogP contribution in [0.5, 0.6) is 0 Å². The van der Waals surface area contributed by atoms with Gasteiger partial charge >= 0.3 is 0 Å². The Bertz CT molecular complexity index is 358. The average molecular weight is 271 g/mol. The molecule has 1 rings (SSSR count). The maximum atomic E-state index is 8.36. The summed E-state index contributed by atoms with van der Waals surface area (Å²) in [4.78, 5) is 12.7. The Morgan fingerprint density at radius 1 is 1.16 bits per heavy atom. The molecule has 108 valence electrons. The topological polar surface area (TPSA) is 154 Å². The Morgan fingerprint density at radius 2 is 1.68 bits per heavy atom. The summed E-state index contributed by atoms with van der Waals surface area (Å²) in [7, 11) is 0. The Labute approximate surface area is 111 Å². The van der Waals surface area contributed by atoms with E-state index in [0.29, 0.717) is 19.6 Å². The second kappa shape index (κ2) is 10.2. The summed E-state index contributed by atoms with van der Waals surface area (Å²) in [6, 6.07) is 2.03. The molecule has 7 N–H and O–H groups in total. The van der Waals surface area contributed by atoms with Crippen LogP contribution in [0.2, 0.25) is 0 Å². The number of hydrogen-bond donors (Lipinski definition) is 4. The molecule has 0 unspecified atom stereocenters. The number of pyridine rings is 1. The van der Waals surface area contributed by atoms with Crippen molar-refractivity contribution in [1.29, 1.82) is 0 Å². The van der Waals surface area contributed by atoms with Gasteiger partial charge in [0.15, 0.2) is 0 Å². The van der Waals surface area contributed by atoms with E-state index in [2.05, 4.69) is 4.98 Å². The minimum absolute atomic E-state index is 0.622. The van der Waals surface area contributed by atoms with Gasteiger partial charge in [0, 0.05) is 18.3 Å². The van der Waals surface area contributed by atoms with Gasteiger partial charge in [-0.1, -0.05) is 0 Å². The van der Waals surface area contributed by atoms with E-state index >= 15 is 0 Å². The van der Waals surface area contributed by atoms with E-state index < -0.39 is 5.09 Å². The lowest BCUT2D eigenvalue weighted by Gasteiger charge is -2.12. The molecule has 0 aliphatic rings. The molecule has 0 saturated carbocycles. The first-order valence-electron chi connectivity index (χ1n) is 5.95. The molecule has 0 saturated heterocycles. The number of aromatic nitrogens is 1. The number of rotatable bonds is 6. The van der Waals surface area contributed by atoms with Crippen molar-refractivity contribution in [2.45, 2.75) is 19.3 Å². The summed E-state index contributed by atoms with van der Waals surface area (Å²) in [5.41, 5.74) is 20.3. The minimum Gasteiger partial charge on any atom is -0.330 e. The molecule has 0 aliphatic heterocycles. The molecular weight excluding hydrogens is 250 g/mol. The van der Waals surface area contributed by atoms with Gasteiger partial charge < -0.3 is 22.4 Å². The van der Waals surface area contributed by atoms with Gasteiger partial charge in [-0.2, -0.15) is 0 Å². The molecule has 0 radical (unpaired) electrons. The van der Waals surface area contributed by atoms with Crippen LogP contribution in [0.25, 0.3) is 0 Å². The van der Waals surface area contributed by atoms with E-state index in [1.165, 1.54) is 11.1 Å². The Hall–Kier alpha value is -1.77. The molecule has 1 aromatic rings. The van der Waals surface area contributed by atoms with E-state index in [1.807, 2.05) is 12.3 Å². The first-order chi connectivity index (χ1) is 9.06. The van der Waals surface area contributed by atoms with E-state index in [0.717, 1.165) is 25.0 Å². The van der Waals surface area contributed by atoms with Crippen molar-refractivity contribution in [3.8, 4) is 0 Å². The second-order valence-electron chi connectivity index (χ2n) is 3.75. The monoisotopic (exact) mass is 271 g/mol. The van der Waals surface area contributed by atoms with Crippen LogP contribution in [0.4, 0.5) is 0 Å². The van der Waals surface area contributed by atoms with Crippen LogP contribution in [0.3, 0.4) is 0 Å². The highest BCUT2D eigenvalue weighted by Gasteiger charge is 2.07. The maximum absolute atomic E-state index is 8.36. The fraction of sp³-hybridized carbons (Fsp3) is 0.545. The molecule has 8 heteroatoms. The van der Waals surface area contributed by atoms with Gasteiger partial charge in [-0.3, -0.25) is 4.98 Å². The van der Waals surface area contributed by atoms with Crippen LogP contribution in [-0.2, 0) is 19.3 Å². The van der Waals surface area contributed by atoms with Crippen molar-refractivity contribution >= 4 is 0 Å². The lowest BCUT2D eigenvalue weighted by molar-refractivity contribution is -0.742. The number of nitrogens with two attached hydrogens (primary N) is 3. The zero-order chi connectivity index (χ0) is 14.7. The highest BCUT2D eigenvalue weighted by atomic mass is 16.9. The Balaban J connectivity index is 0.000000711. The van der Waals surface area contributed by atoms with Crippen LogP contribution < -0.4 is 17.2 Å². The first-order valence-corrected chi connectivity index (χ1v) is 5.95. The molecule has 19 heavy (non-hydrogen) atoms. The lowest BCUT2D eigenvalue weighted by Crippen LogP contribution is -2.14. The van der Waals surface area contributed by atoms with Gasteiger partial charge in [0.2, 0.25) is 0 Å². The quantitative estimate of drug-likeness (QED) is 0.391. The third kappa shape index (κ3) is 7.29. The fourth-order valence-corrected chi connectivity index (χ4v) is 1.77. The van der Waals surface area contributed by atoms with Gasteiger partial charge in [0.25, 0.3) is 5.09 Å². The molecule has 0 spiro atoms. The molecule has 1 aromatic heterocycles. The van der Waals surface area contributed by atoms with Gasteiger partial charge in [0.05, 0.1) is 0 Å². The number of nitrogens with zero attached hydrogens (tertiary/aromatic N) is 2. The van der Waals surface area contributed by atoms with Gasteiger partial charge in [-0.25, -0.2) is 0 Å². The molecule has 0 atom stereocenters. The smallest absolute Gasteiger partial charge is 0.291 e. The minimum atomic E-state index is -1.50. The Kier molecular flexibility index (Phi) is 9.23. The third-order valence-corrected chi connectivity index (χ3v) is 2.43. The molecule has 0 aliphatic carbocycles. The SMILES string of the molecule is NCCc1ccnc(CCN)c1CCN.O=[N+]([O-])O. The molecule has 0 fully saturated rings. The summed E-state index contributed by atoms with van der Waals surface area (Å²) in [6.07, 6.45) is 4.39. The Morgan fingerprint density at radius 3 is 2.16 bits per heavy atom. The maximum Gasteiger partial charge on any atom is 0.291 e. The zero-order valence-electron chi connectivity index (χ0n) is 10.8. The highest BCUT2D eigenvalue weighted by Crippen LogP contribution is 2.14. The molecule has 1 heterocycles. The van der Waals surface area contributed by atoms with Crippen LogP contribution in [0.15, 0.2) is 12.3 Å². The molecular formula is C11H21N5O3. The summed E-state index contributed by atoms with van der Waals surface area (Å²) >= 11 is 0. The van der Waals surface area contributed by atoms with E-state index in [4.69, 9.17) is 32.5 Å². The van der Waals surface area contributed by atoms with Crippen LogP contribution in [-0.4, -0.2) is 34.9 Å². The van der Waals surface area contributed by atoms with E-state index in [-0.39, 0.29) is 0 Å². The fourth-order valence-electron chi connectivity index (χ4n) is 1.77. The summed E-state index contributed by atoms with van der Waals surface area (Å²) in [5.74, 6) is 0. The van der Waals surface area contributed by atoms with Crippen molar-refractivity contribution in [3.05, 3.63) is 39.2 Å². The molecule has 0 aromatic carbocycles. The first kappa shape index (κ1) is 17.2. The summed E-state index contributed by atoms with van der Waals surface area (Å²) in [5, 5.41) is 13.6. The summed E-state index contributed by atoms with van der Waals surface area (Å²) < 4.78 is 0. The second-order valence-corrected chi connectivity index (χ2v) is 3.75. The predicted octanol–water partition coefficient (Wildman–Crippen LogP) is -0.762. The summed E-state index contributed by atoms with van der Waals surface area (Å²) in [6.45, 7) is 1.92. The lowest BCUT2D eigenvalue weighted by atomic mass is 9.99. The van der Waals surface area contributed by atoms with Crippen molar-refractivity contribution in [1.82, 2.24) is 4.98 Å². The number of hydrogen-bond acceptors (Lipinski definition) is 6. The van der Waals surface area contributed by atoms with Gasteiger partial charge in [-0.15, -0.1) is 10.1 Å². The standard InChI is InChI=1S/C11H20N4.HNO3/c12-5-1-9-4-8-15-11(3-7-14)10(9)2-6-13;2-1(3)4/h4,8H,1-3,5-7,12-14H2;(H,2,3,4). The van der Waals surface area contributed by atoms with Crippen molar-refractivity contribution in [3.63, 3.8) is 0 Å². The van der Waals surface area contributed by atoms with Crippen molar-refractivity contribution in [2.24, 2.45) is 17.2 Å². The van der Waals surface area contributed by atoms with Crippen LogP contribution >= 0.6 is 0 Å².